The summed E-state index contributed by atoms with van der Waals surface area (Å²) in [5, 5.41) is 11.7. The lowest BCUT2D eigenvalue weighted by Gasteiger charge is -2.22. The van der Waals surface area contributed by atoms with Crippen molar-refractivity contribution in [1.29, 1.82) is 0 Å². The van der Waals surface area contributed by atoms with Gasteiger partial charge >= 0.3 is 12.1 Å². The van der Waals surface area contributed by atoms with Crippen LogP contribution in [0.3, 0.4) is 0 Å². The summed E-state index contributed by atoms with van der Waals surface area (Å²) in [7, 11) is 0. The first-order valence-electron chi connectivity index (χ1n) is 6.87. The molecule has 2 N–H and O–H groups in total. The van der Waals surface area contributed by atoms with E-state index in [0.29, 0.717) is 0 Å². The molecular weight excluding hydrogens is 270 g/mol. The number of carbonyl (C=O) groups excluding carboxylic acids is 1. The normalized spacial score (nSPS) is 12.6. The molecule has 0 radical (unpaired) electrons. The second-order valence-corrected chi connectivity index (χ2v) is 6.17. The van der Waals surface area contributed by atoms with Gasteiger partial charge in [0.1, 0.15) is 11.6 Å². The van der Waals surface area contributed by atoms with E-state index in [1.165, 1.54) is 0 Å². The summed E-state index contributed by atoms with van der Waals surface area (Å²) < 4.78 is 5.10. The Balaban J connectivity index is 2.81. The zero-order valence-corrected chi connectivity index (χ0v) is 13.2. The second kappa shape index (κ2) is 6.61. The molecule has 0 aliphatic heterocycles. The molecule has 0 heterocycles. The summed E-state index contributed by atoms with van der Waals surface area (Å²) in [6.45, 7) is 9.05. The molecule has 5 nitrogen and oxygen atoms in total. The summed E-state index contributed by atoms with van der Waals surface area (Å²) in [6.07, 6.45) is -0.498. The number of ether oxygens (including phenoxy) is 1. The molecule has 0 aliphatic rings. The largest absolute Gasteiger partial charge is 0.480 e. The topological polar surface area (TPSA) is 75.6 Å². The van der Waals surface area contributed by atoms with Gasteiger partial charge in [-0.25, -0.2) is 9.59 Å². The van der Waals surface area contributed by atoms with Crippen LogP contribution in [0.5, 0.6) is 0 Å². The van der Waals surface area contributed by atoms with Crippen LogP contribution in [0.4, 0.5) is 4.79 Å². The predicted octanol–water partition coefficient (Wildman–Crippen LogP) is 2.82. The van der Waals surface area contributed by atoms with Gasteiger partial charge in [-0.05, 0) is 45.7 Å². The Morgan fingerprint density at radius 3 is 2.43 bits per heavy atom. The van der Waals surface area contributed by atoms with Crippen LogP contribution in [-0.2, 0) is 16.0 Å². The Morgan fingerprint density at radius 1 is 1.29 bits per heavy atom. The molecule has 1 rings (SSSR count). The zero-order chi connectivity index (χ0) is 16.2. The van der Waals surface area contributed by atoms with Gasteiger partial charge in [0.2, 0.25) is 0 Å². The maximum Gasteiger partial charge on any atom is 0.408 e. The maximum absolute atomic E-state index is 11.7. The van der Waals surface area contributed by atoms with E-state index < -0.39 is 23.7 Å². The minimum atomic E-state index is -1.08. The molecule has 116 valence electrons. The van der Waals surface area contributed by atoms with Gasteiger partial charge in [-0.2, -0.15) is 0 Å². The summed E-state index contributed by atoms with van der Waals surface area (Å²) in [6, 6.07) is 4.83. The molecule has 21 heavy (non-hydrogen) atoms. The van der Waals surface area contributed by atoms with Gasteiger partial charge in [-0.15, -0.1) is 0 Å². The van der Waals surface area contributed by atoms with Crippen LogP contribution in [0.2, 0.25) is 0 Å². The van der Waals surface area contributed by atoms with Crippen molar-refractivity contribution in [2.45, 2.75) is 52.7 Å². The highest BCUT2D eigenvalue weighted by atomic mass is 16.6. The third kappa shape index (κ3) is 5.85. The first-order chi connectivity index (χ1) is 9.58. The molecule has 0 saturated heterocycles. The molecule has 1 aromatic carbocycles. The molecule has 1 aromatic rings. The highest BCUT2D eigenvalue weighted by molar-refractivity contribution is 5.80. The monoisotopic (exact) mass is 293 g/mol. The summed E-state index contributed by atoms with van der Waals surface area (Å²) >= 11 is 0. The average molecular weight is 293 g/mol. The van der Waals surface area contributed by atoms with E-state index in [-0.39, 0.29) is 6.42 Å². The lowest BCUT2D eigenvalue weighted by molar-refractivity contribution is -0.139. The molecule has 1 unspecified atom stereocenters. The smallest absolute Gasteiger partial charge is 0.408 e. The van der Waals surface area contributed by atoms with Crippen molar-refractivity contribution in [3.05, 3.63) is 34.9 Å². The SMILES string of the molecule is Cc1ccc(C)c(CC(NC(=O)OC(C)(C)C)C(=O)O)c1. The predicted molar refractivity (Wildman–Crippen MR) is 80.4 cm³/mol. The number of alkyl carbamates (subject to hydrolysis) is 1. The van der Waals surface area contributed by atoms with Gasteiger partial charge in [0.05, 0.1) is 0 Å². The number of hydrogen-bond acceptors (Lipinski definition) is 3. The number of aliphatic carboxylic acids is 1. The van der Waals surface area contributed by atoms with E-state index in [1.54, 1.807) is 20.8 Å². The maximum atomic E-state index is 11.7. The van der Waals surface area contributed by atoms with Crippen LogP contribution >= 0.6 is 0 Å². The number of carboxylic acid groups (broad SMARTS) is 1. The van der Waals surface area contributed by atoms with E-state index in [0.717, 1.165) is 16.7 Å². The number of carboxylic acids is 1. The molecule has 1 atom stereocenters. The van der Waals surface area contributed by atoms with Crippen molar-refractivity contribution in [3.63, 3.8) is 0 Å². The van der Waals surface area contributed by atoms with Crippen LogP contribution in [0.1, 0.15) is 37.5 Å². The van der Waals surface area contributed by atoms with Crippen LogP contribution in [0.25, 0.3) is 0 Å². The van der Waals surface area contributed by atoms with Crippen molar-refractivity contribution in [3.8, 4) is 0 Å². The van der Waals surface area contributed by atoms with Gasteiger partial charge in [0, 0.05) is 6.42 Å². The highest BCUT2D eigenvalue weighted by Crippen LogP contribution is 2.14. The van der Waals surface area contributed by atoms with Crippen molar-refractivity contribution in [2.75, 3.05) is 0 Å². The molecular formula is C16H23NO4. The molecule has 0 aromatic heterocycles. The summed E-state index contributed by atoms with van der Waals surface area (Å²) in [5.74, 6) is -1.08. The van der Waals surface area contributed by atoms with E-state index in [4.69, 9.17) is 4.74 Å². The Hall–Kier alpha value is -2.04. The van der Waals surface area contributed by atoms with Crippen molar-refractivity contribution in [2.24, 2.45) is 0 Å². The highest BCUT2D eigenvalue weighted by Gasteiger charge is 2.24. The lowest BCUT2D eigenvalue weighted by atomic mass is 9.99. The Morgan fingerprint density at radius 2 is 1.90 bits per heavy atom. The van der Waals surface area contributed by atoms with Gasteiger partial charge < -0.3 is 15.2 Å². The van der Waals surface area contributed by atoms with Crippen LogP contribution in [0, 0.1) is 13.8 Å². The third-order valence-corrected chi connectivity index (χ3v) is 2.92. The van der Waals surface area contributed by atoms with Gasteiger partial charge in [0.25, 0.3) is 0 Å². The number of hydrogen-bond donors (Lipinski definition) is 2. The average Bonchev–Trinajstić information content (AvgIpc) is 2.30. The molecule has 0 aliphatic carbocycles. The number of aryl methyl sites for hydroxylation is 2. The van der Waals surface area contributed by atoms with Crippen LogP contribution < -0.4 is 5.32 Å². The van der Waals surface area contributed by atoms with E-state index in [9.17, 15) is 14.7 Å². The second-order valence-electron chi connectivity index (χ2n) is 6.17. The minimum Gasteiger partial charge on any atom is -0.480 e. The van der Waals surface area contributed by atoms with Gasteiger partial charge in [-0.3, -0.25) is 0 Å². The standard InChI is InChI=1S/C16H23NO4/c1-10-6-7-11(2)12(8-10)9-13(14(18)19)17-15(20)21-16(3,4)5/h6-8,13H,9H2,1-5H3,(H,17,20)(H,18,19). The molecule has 0 bridgehead atoms. The Bertz CT molecular complexity index is 532. The fourth-order valence-electron chi connectivity index (χ4n) is 1.89. The number of benzene rings is 1. The molecule has 0 spiro atoms. The minimum absolute atomic E-state index is 0.224. The quantitative estimate of drug-likeness (QED) is 0.895. The van der Waals surface area contributed by atoms with Crippen molar-refractivity contribution in [1.82, 2.24) is 5.32 Å². The van der Waals surface area contributed by atoms with Crippen molar-refractivity contribution < 1.29 is 19.4 Å². The summed E-state index contributed by atoms with van der Waals surface area (Å²) in [4.78, 5) is 23.0. The fourth-order valence-corrected chi connectivity index (χ4v) is 1.89. The van der Waals surface area contributed by atoms with E-state index >= 15 is 0 Å². The van der Waals surface area contributed by atoms with Crippen LogP contribution in [-0.4, -0.2) is 28.8 Å². The van der Waals surface area contributed by atoms with Gasteiger partial charge in [-0.1, -0.05) is 23.8 Å². The number of rotatable bonds is 4. The van der Waals surface area contributed by atoms with Crippen LogP contribution in [0.15, 0.2) is 18.2 Å². The fraction of sp³-hybridized carbons (Fsp3) is 0.500. The Labute approximate surface area is 125 Å². The van der Waals surface area contributed by atoms with Gasteiger partial charge in [0.15, 0.2) is 0 Å². The molecule has 1 amide bonds. The summed E-state index contributed by atoms with van der Waals surface area (Å²) in [5.41, 5.74) is 2.29. The van der Waals surface area contributed by atoms with E-state index in [1.807, 2.05) is 32.0 Å². The number of amides is 1. The number of carbonyl (C=O) groups is 2. The molecule has 5 heteroatoms. The molecule has 0 saturated carbocycles. The molecule has 0 fully saturated rings. The first kappa shape index (κ1) is 17.0. The third-order valence-electron chi connectivity index (χ3n) is 2.92. The lowest BCUT2D eigenvalue weighted by Crippen LogP contribution is -2.44. The number of nitrogens with one attached hydrogen (secondary N) is 1. The van der Waals surface area contributed by atoms with E-state index in [2.05, 4.69) is 5.32 Å². The zero-order valence-electron chi connectivity index (χ0n) is 13.2. The van der Waals surface area contributed by atoms with Crippen molar-refractivity contribution >= 4 is 12.1 Å². The first-order valence-corrected chi connectivity index (χ1v) is 6.87. The Kier molecular flexibility index (Phi) is 5.35.